The van der Waals surface area contributed by atoms with E-state index in [9.17, 15) is 0 Å². The molecule has 0 saturated carbocycles. The largest absolute Gasteiger partial charge is 0.327 e. The van der Waals surface area contributed by atoms with E-state index in [0.717, 1.165) is 24.3 Å². The van der Waals surface area contributed by atoms with Gasteiger partial charge in [0.15, 0.2) is 0 Å². The number of imidazole rings is 1. The molecule has 0 saturated heterocycles. The minimum Gasteiger partial charge on any atom is -0.327 e. The normalized spacial score (nSPS) is 13.5. The molecule has 1 atom stereocenters. The van der Waals surface area contributed by atoms with Gasteiger partial charge in [-0.05, 0) is 31.4 Å². The third-order valence-electron chi connectivity index (χ3n) is 3.06. The minimum absolute atomic E-state index is 0.0300. The van der Waals surface area contributed by atoms with Crippen molar-refractivity contribution in [2.75, 3.05) is 0 Å². The van der Waals surface area contributed by atoms with Crippen LogP contribution >= 0.6 is 0 Å². The van der Waals surface area contributed by atoms with Crippen molar-refractivity contribution in [1.29, 1.82) is 0 Å². The van der Waals surface area contributed by atoms with Crippen molar-refractivity contribution in [3.05, 3.63) is 30.1 Å². The number of para-hydroxylation sites is 2. The molecule has 17 heavy (non-hydrogen) atoms. The Morgan fingerprint density at radius 2 is 2.00 bits per heavy atom. The van der Waals surface area contributed by atoms with Crippen molar-refractivity contribution < 1.29 is 0 Å². The van der Waals surface area contributed by atoms with Crippen molar-refractivity contribution in [2.24, 2.45) is 11.7 Å². The Balaban J connectivity index is 2.45. The average Bonchev–Trinajstić information content (AvgIpc) is 2.66. The van der Waals surface area contributed by atoms with Gasteiger partial charge in [0.25, 0.3) is 0 Å². The van der Waals surface area contributed by atoms with Crippen LogP contribution in [0.3, 0.4) is 0 Å². The number of aryl methyl sites for hydroxylation is 1. The number of fused-ring (bicyclic) bond motifs is 1. The lowest BCUT2D eigenvalue weighted by atomic mass is 10.0. The van der Waals surface area contributed by atoms with Crippen LogP contribution in [0.4, 0.5) is 0 Å². The molecule has 0 radical (unpaired) electrons. The first-order chi connectivity index (χ1) is 8.13. The van der Waals surface area contributed by atoms with E-state index in [1.165, 1.54) is 5.52 Å². The fourth-order valence-electron chi connectivity index (χ4n) is 2.32. The van der Waals surface area contributed by atoms with Gasteiger partial charge in [0, 0.05) is 6.54 Å². The van der Waals surface area contributed by atoms with Crippen LogP contribution in [0.25, 0.3) is 11.0 Å². The molecule has 2 rings (SSSR count). The number of benzene rings is 1. The lowest BCUT2D eigenvalue weighted by molar-refractivity contribution is 0.479. The number of rotatable bonds is 4. The second kappa shape index (κ2) is 4.88. The summed E-state index contributed by atoms with van der Waals surface area (Å²) in [5.74, 6) is 1.61. The Morgan fingerprint density at radius 3 is 2.65 bits per heavy atom. The van der Waals surface area contributed by atoms with E-state index in [1.54, 1.807) is 0 Å². The van der Waals surface area contributed by atoms with E-state index in [-0.39, 0.29) is 6.04 Å². The summed E-state index contributed by atoms with van der Waals surface area (Å²) in [7, 11) is 0. The van der Waals surface area contributed by atoms with Crippen molar-refractivity contribution in [3.8, 4) is 0 Å². The summed E-state index contributed by atoms with van der Waals surface area (Å²) < 4.78 is 2.22. The molecule has 0 aliphatic heterocycles. The van der Waals surface area contributed by atoms with Gasteiger partial charge < -0.3 is 10.3 Å². The molecule has 1 aromatic carbocycles. The van der Waals surface area contributed by atoms with Crippen molar-refractivity contribution in [1.82, 2.24) is 9.55 Å². The minimum atomic E-state index is 0.0300. The summed E-state index contributed by atoms with van der Waals surface area (Å²) in [6.45, 7) is 7.44. The summed E-state index contributed by atoms with van der Waals surface area (Å²) in [5, 5.41) is 0. The molecule has 1 heterocycles. The highest BCUT2D eigenvalue weighted by Gasteiger charge is 2.16. The molecular formula is C14H21N3. The Morgan fingerprint density at radius 1 is 1.29 bits per heavy atom. The van der Waals surface area contributed by atoms with Gasteiger partial charge >= 0.3 is 0 Å². The van der Waals surface area contributed by atoms with Crippen molar-refractivity contribution in [2.45, 2.75) is 39.8 Å². The van der Waals surface area contributed by atoms with E-state index in [0.29, 0.717) is 5.92 Å². The molecule has 92 valence electrons. The average molecular weight is 231 g/mol. The molecule has 3 nitrogen and oxygen atoms in total. The second-order valence-corrected chi connectivity index (χ2v) is 4.94. The van der Waals surface area contributed by atoms with E-state index >= 15 is 0 Å². The molecule has 3 heteroatoms. The Hall–Kier alpha value is -1.35. The van der Waals surface area contributed by atoms with E-state index < -0.39 is 0 Å². The summed E-state index contributed by atoms with van der Waals surface area (Å²) in [6, 6.07) is 8.26. The standard InChI is InChI=1S/C14H21N3/c1-4-17-13-8-6-5-7-12(13)16-14(17)11(15)9-10(2)3/h5-8,10-11H,4,9,15H2,1-3H3. The molecule has 2 aromatic rings. The third-order valence-corrected chi connectivity index (χ3v) is 3.06. The maximum atomic E-state index is 6.25. The predicted octanol–water partition coefficient (Wildman–Crippen LogP) is 3.10. The van der Waals surface area contributed by atoms with Gasteiger partial charge in [0.1, 0.15) is 5.82 Å². The van der Waals surface area contributed by atoms with Gasteiger partial charge in [0.2, 0.25) is 0 Å². The van der Waals surface area contributed by atoms with Crippen molar-refractivity contribution >= 4 is 11.0 Å². The predicted molar refractivity (Wildman–Crippen MR) is 71.8 cm³/mol. The van der Waals surface area contributed by atoms with Crippen LogP contribution in [0.5, 0.6) is 0 Å². The van der Waals surface area contributed by atoms with Gasteiger partial charge in [0.05, 0.1) is 17.1 Å². The smallest absolute Gasteiger partial charge is 0.126 e. The molecule has 0 aliphatic rings. The molecule has 1 aromatic heterocycles. The van der Waals surface area contributed by atoms with Crippen molar-refractivity contribution in [3.63, 3.8) is 0 Å². The zero-order chi connectivity index (χ0) is 12.4. The van der Waals surface area contributed by atoms with Crippen LogP contribution in [-0.2, 0) is 6.54 Å². The monoisotopic (exact) mass is 231 g/mol. The van der Waals surface area contributed by atoms with Gasteiger partial charge in [-0.25, -0.2) is 4.98 Å². The molecule has 0 aliphatic carbocycles. The van der Waals surface area contributed by atoms with Crippen LogP contribution in [0.2, 0.25) is 0 Å². The van der Waals surface area contributed by atoms with Gasteiger partial charge in [-0.1, -0.05) is 26.0 Å². The summed E-state index contributed by atoms with van der Waals surface area (Å²) in [6.07, 6.45) is 0.976. The quantitative estimate of drug-likeness (QED) is 0.878. The number of aromatic nitrogens is 2. The van der Waals surface area contributed by atoms with Gasteiger partial charge in [-0.2, -0.15) is 0 Å². The molecule has 0 fully saturated rings. The lowest BCUT2D eigenvalue weighted by Crippen LogP contribution is -2.18. The Labute approximate surface area is 103 Å². The van der Waals surface area contributed by atoms with Crippen LogP contribution in [-0.4, -0.2) is 9.55 Å². The summed E-state index contributed by atoms with van der Waals surface area (Å²) in [4.78, 5) is 4.67. The first kappa shape index (κ1) is 12.1. The highest BCUT2D eigenvalue weighted by atomic mass is 15.1. The zero-order valence-corrected chi connectivity index (χ0v) is 10.9. The number of nitrogens with two attached hydrogens (primary N) is 1. The Kier molecular flexibility index (Phi) is 3.48. The third kappa shape index (κ3) is 2.34. The van der Waals surface area contributed by atoms with Crippen LogP contribution in [0, 0.1) is 5.92 Å². The van der Waals surface area contributed by atoms with E-state index in [4.69, 9.17) is 5.73 Å². The number of hydrogen-bond donors (Lipinski definition) is 1. The molecule has 1 unspecified atom stereocenters. The number of hydrogen-bond acceptors (Lipinski definition) is 2. The van der Waals surface area contributed by atoms with Crippen LogP contribution < -0.4 is 5.73 Å². The molecular weight excluding hydrogens is 210 g/mol. The van der Waals surface area contributed by atoms with Gasteiger partial charge in [-0.15, -0.1) is 0 Å². The highest BCUT2D eigenvalue weighted by Crippen LogP contribution is 2.23. The number of nitrogens with zero attached hydrogens (tertiary/aromatic N) is 2. The maximum absolute atomic E-state index is 6.25. The first-order valence-corrected chi connectivity index (χ1v) is 6.34. The fraction of sp³-hybridized carbons (Fsp3) is 0.500. The Bertz CT molecular complexity index is 499. The summed E-state index contributed by atoms with van der Waals surface area (Å²) >= 11 is 0. The van der Waals surface area contributed by atoms with Crippen LogP contribution in [0.15, 0.2) is 24.3 Å². The first-order valence-electron chi connectivity index (χ1n) is 6.34. The zero-order valence-electron chi connectivity index (χ0n) is 10.9. The molecule has 0 amide bonds. The molecule has 2 N–H and O–H groups in total. The molecule has 0 spiro atoms. The topological polar surface area (TPSA) is 43.8 Å². The fourth-order valence-corrected chi connectivity index (χ4v) is 2.32. The van der Waals surface area contributed by atoms with E-state index in [1.807, 2.05) is 18.2 Å². The highest BCUT2D eigenvalue weighted by molar-refractivity contribution is 5.76. The van der Waals surface area contributed by atoms with Crippen LogP contribution in [0.1, 0.15) is 39.1 Å². The second-order valence-electron chi connectivity index (χ2n) is 4.94. The molecule has 0 bridgehead atoms. The van der Waals surface area contributed by atoms with Gasteiger partial charge in [-0.3, -0.25) is 0 Å². The summed E-state index contributed by atoms with van der Waals surface area (Å²) in [5.41, 5.74) is 8.48. The lowest BCUT2D eigenvalue weighted by Gasteiger charge is -2.15. The SMILES string of the molecule is CCn1c(C(N)CC(C)C)nc2ccccc21. The maximum Gasteiger partial charge on any atom is 0.126 e. The van der Waals surface area contributed by atoms with E-state index in [2.05, 4.69) is 36.4 Å².